The monoisotopic (exact) mass is 254 g/mol. The van der Waals surface area contributed by atoms with E-state index in [0.717, 1.165) is 28.0 Å². The zero-order valence-electron chi connectivity index (χ0n) is 10.3. The second kappa shape index (κ2) is 4.79. The molecule has 3 rings (SSSR count). The Morgan fingerprint density at radius 3 is 2.89 bits per heavy atom. The largest absolute Gasteiger partial charge is 0.392 e. The zero-order chi connectivity index (χ0) is 13.2. The fraction of sp³-hybridized carbons (Fsp3) is 0.143. The number of nitrogens with zero attached hydrogens (tertiary/aromatic N) is 3. The smallest absolute Gasteiger partial charge is 0.140 e. The van der Waals surface area contributed by atoms with Crippen molar-refractivity contribution < 1.29 is 5.11 Å². The van der Waals surface area contributed by atoms with Crippen LogP contribution in [-0.2, 0) is 13.2 Å². The van der Waals surface area contributed by atoms with Crippen LogP contribution in [0.15, 0.2) is 42.9 Å². The van der Waals surface area contributed by atoms with Crippen LogP contribution in [0.2, 0.25) is 0 Å². The third-order valence-corrected chi connectivity index (χ3v) is 3.16. The highest BCUT2D eigenvalue weighted by molar-refractivity contribution is 5.84. The van der Waals surface area contributed by atoms with E-state index in [0.29, 0.717) is 6.54 Å². The van der Waals surface area contributed by atoms with Crippen LogP contribution in [0.4, 0.5) is 0 Å². The fourth-order valence-electron chi connectivity index (χ4n) is 2.20. The maximum atomic E-state index is 9.35. The highest BCUT2D eigenvalue weighted by Gasteiger charge is 2.07. The van der Waals surface area contributed by atoms with Crippen molar-refractivity contribution in [3.63, 3.8) is 0 Å². The average Bonchev–Trinajstić information content (AvgIpc) is 2.91. The first-order valence-corrected chi connectivity index (χ1v) is 6.04. The van der Waals surface area contributed by atoms with Crippen LogP contribution in [0.25, 0.3) is 16.7 Å². The molecule has 0 aliphatic carbocycles. The van der Waals surface area contributed by atoms with Crippen LogP contribution in [-0.4, -0.2) is 19.6 Å². The van der Waals surface area contributed by atoms with Gasteiger partial charge in [-0.2, -0.15) is 0 Å². The minimum Gasteiger partial charge on any atom is -0.392 e. The molecule has 0 amide bonds. The summed E-state index contributed by atoms with van der Waals surface area (Å²) in [5.74, 6) is 0.778. The SMILES string of the molecule is NCc1cc(-n2ccc3c(CO)cccc32)ncn1. The van der Waals surface area contributed by atoms with E-state index >= 15 is 0 Å². The summed E-state index contributed by atoms with van der Waals surface area (Å²) in [6, 6.07) is 9.68. The van der Waals surface area contributed by atoms with Gasteiger partial charge in [-0.3, -0.25) is 0 Å². The number of aliphatic hydroxyl groups is 1. The maximum absolute atomic E-state index is 9.35. The van der Waals surface area contributed by atoms with Crippen LogP contribution in [0.5, 0.6) is 0 Å². The van der Waals surface area contributed by atoms with Crippen LogP contribution < -0.4 is 5.73 Å². The molecule has 1 aromatic carbocycles. The van der Waals surface area contributed by atoms with Gasteiger partial charge in [0, 0.05) is 24.2 Å². The molecular formula is C14H14N4O. The molecule has 5 heteroatoms. The Bertz CT molecular complexity index is 720. The summed E-state index contributed by atoms with van der Waals surface area (Å²) in [4.78, 5) is 8.36. The Balaban J connectivity index is 2.20. The Labute approximate surface area is 110 Å². The molecule has 0 bridgehead atoms. The molecule has 3 aromatic rings. The summed E-state index contributed by atoms with van der Waals surface area (Å²) >= 11 is 0. The van der Waals surface area contributed by atoms with Gasteiger partial charge >= 0.3 is 0 Å². The summed E-state index contributed by atoms with van der Waals surface area (Å²) in [7, 11) is 0. The van der Waals surface area contributed by atoms with E-state index < -0.39 is 0 Å². The molecule has 2 heterocycles. The predicted octanol–water partition coefficient (Wildman–Crippen LogP) is 1.37. The molecule has 0 unspecified atom stereocenters. The first-order valence-electron chi connectivity index (χ1n) is 6.04. The molecule has 0 saturated heterocycles. The van der Waals surface area contributed by atoms with E-state index in [1.807, 2.05) is 41.1 Å². The van der Waals surface area contributed by atoms with Gasteiger partial charge < -0.3 is 15.4 Å². The third kappa shape index (κ3) is 1.99. The van der Waals surface area contributed by atoms with E-state index in [-0.39, 0.29) is 6.61 Å². The van der Waals surface area contributed by atoms with E-state index in [4.69, 9.17) is 5.73 Å². The molecule has 19 heavy (non-hydrogen) atoms. The van der Waals surface area contributed by atoms with Gasteiger partial charge in [0.05, 0.1) is 17.8 Å². The van der Waals surface area contributed by atoms with Gasteiger partial charge in [-0.05, 0) is 17.7 Å². The van der Waals surface area contributed by atoms with Gasteiger partial charge in [0.15, 0.2) is 0 Å². The minimum atomic E-state index is 0.0270. The van der Waals surface area contributed by atoms with Gasteiger partial charge in [0.25, 0.3) is 0 Å². The molecule has 0 atom stereocenters. The highest BCUT2D eigenvalue weighted by Crippen LogP contribution is 2.22. The lowest BCUT2D eigenvalue weighted by Crippen LogP contribution is -2.03. The Morgan fingerprint density at radius 1 is 1.21 bits per heavy atom. The molecule has 3 N–H and O–H groups in total. The molecule has 0 radical (unpaired) electrons. The van der Waals surface area contributed by atoms with Crippen molar-refractivity contribution in [1.82, 2.24) is 14.5 Å². The number of rotatable bonds is 3. The lowest BCUT2D eigenvalue weighted by molar-refractivity contribution is 0.283. The average molecular weight is 254 g/mol. The van der Waals surface area contributed by atoms with Crippen LogP contribution in [0.1, 0.15) is 11.3 Å². The van der Waals surface area contributed by atoms with Gasteiger partial charge in [0.2, 0.25) is 0 Å². The lowest BCUT2D eigenvalue weighted by Gasteiger charge is -2.06. The number of hydrogen-bond acceptors (Lipinski definition) is 4. The zero-order valence-corrected chi connectivity index (χ0v) is 10.3. The first kappa shape index (κ1) is 11.8. The van der Waals surface area contributed by atoms with Gasteiger partial charge in [-0.15, -0.1) is 0 Å². The molecule has 0 spiro atoms. The molecule has 0 aliphatic rings. The van der Waals surface area contributed by atoms with Crippen LogP contribution in [0.3, 0.4) is 0 Å². The van der Waals surface area contributed by atoms with Gasteiger partial charge in [-0.1, -0.05) is 12.1 Å². The van der Waals surface area contributed by atoms with Gasteiger partial charge in [0.1, 0.15) is 12.1 Å². The molecule has 0 aliphatic heterocycles. The summed E-state index contributed by atoms with van der Waals surface area (Å²) in [6.07, 6.45) is 3.45. The van der Waals surface area contributed by atoms with E-state index in [1.165, 1.54) is 6.33 Å². The number of nitrogens with two attached hydrogens (primary N) is 1. The Morgan fingerprint density at radius 2 is 2.11 bits per heavy atom. The van der Waals surface area contributed by atoms with E-state index in [1.54, 1.807) is 0 Å². The number of aromatic nitrogens is 3. The van der Waals surface area contributed by atoms with Crippen molar-refractivity contribution in [3.8, 4) is 5.82 Å². The van der Waals surface area contributed by atoms with Crippen molar-refractivity contribution in [1.29, 1.82) is 0 Å². The topological polar surface area (TPSA) is 77.0 Å². The number of hydrogen-bond donors (Lipinski definition) is 2. The normalized spacial score (nSPS) is 11.1. The standard InChI is InChI=1S/C14H14N4O/c15-7-11-6-14(17-9-16-11)18-5-4-12-10(8-19)2-1-3-13(12)18/h1-6,9,19H,7-8,15H2. The second-order valence-electron chi connectivity index (χ2n) is 4.27. The molecule has 0 saturated carbocycles. The van der Waals surface area contributed by atoms with Crippen LogP contribution in [0, 0.1) is 0 Å². The predicted molar refractivity (Wildman–Crippen MR) is 72.7 cm³/mol. The molecule has 96 valence electrons. The van der Waals surface area contributed by atoms with Crippen molar-refractivity contribution in [2.45, 2.75) is 13.2 Å². The fourth-order valence-corrected chi connectivity index (χ4v) is 2.20. The van der Waals surface area contributed by atoms with Crippen molar-refractivity contribution in [3.05, 3.63) is 54.1 Å². The Hall–Kier alpha value is -2.24. The van der Waals surface area contributed by atoms with Crippen LogP contribution >= 0.6 is 0 Å². The molecular weight excluding hydrogens is 240 g/mol. The summed E-state index contributed by atoms with van der Waals surface area (Å²) in [6.45, 7) is 0.412. The number of fused-ring (bicyclic) bond motifs is 1. The molecule has 5 nitrogen and oxygen atoms in total. The summed E-state index contributed by atoms with van der Waals surface area (Å²) < 4.78 is 1.97. The second-order valence-corrected chi connectivity index (χ2v) is 4.27. The maximum Gasteiger partial charge on any atom is 0.140 e. The third-order valence-electron chi connectivity index (χ3n) is 3.16. The van der Waals surface area contributed by atoms with Gasteiger partial charge in [-0.25, -0.2) is 9.97 Å². The van der Waals surface area contributed by atoms with E-state index in [2.05, 4.69) is 9.97 Å². The number of aliphatic hydroxyl groups excluding tert-OH is 1. The molecule has 2 aromatic heterocycles. The van der Waals surface area contributed by atoms with Crippen molar-refractivity contribution in [2.24, 2.45) is 5.73 Å². The van der Waals surface area contributed by atoms with Crippen molar-refractivity contribution >= 4 is 10.9 Å². The lowest BCUT2D eigenvalue weighted by atomic mass is 10.1. The Kier molecular flexibility index (Phi) is 2.98. The van der Waals surface area contributed by atoms with E-state index in [9.17, 15) is 5.11 Å². The summed E-state index contributed by atoms with van der Waals surface area (Å²) in [5.41, 5.74) is 8.31. The summed E-state index contributed by atoms with van der Waals surface area (Å²) in [5, 5.41) is 10.4. The quantitative estimate of drug-likeness (QED) is 0.740. The highest BCUT2D eigenvalue weighted by atomic mass is 16.3. The molecule has 0 fully saturated rings. The number of benzene rings is 1. The minimum absolute atomic E-state index is 0.0270. The first-order chi connectivity index (χ1) is 9.33. The van der Waals surface area contributed by atoms with Crippen molar-refractivity contribution in [2.75, 3.05) is 0 Å².